The van der Waals surface area contributed by atoms with Crippen LogP contribution >= 0.6 is 27.3 Å². The molecule has 0 saturated heterocycles. The van der Waals surface area contributed by atoms with E-state index in [-0.39, 0.29) is 5.69 Å². The van der Waals surface area contributed by atoms with Gasteiger partial charge in [0.2, 0.25) is 0 Å². The number of nitro groups is 1. The third kappa shape index (κ3) is 2.85. The summed E-state index contributed by atoms with van der Waals surface area (Å²) >= 11 is 4.84. The lowest BCUT2D eigenvalue weighted by Gasteiger charge is -2.06. The summed E-state index contributed by atoms with van der Waals surface area (Å²) in [6, 6.07) is 4.84. The van der Waals surface area contributed by atoms with Crippen molar-refractivity contribution in [1.82, 2.24) is 4.98 Å². The van der Waals surface area contributed by atoms with Gasteiger partial charge in [-0.1, -0.05) is 15.9 Å². The fourth-order valence-electron chi connectivity index (χ4n) is 1.48. The summed E-state index contributed by atoms with van der Waals surface area (Å²) < 4.78 is 0.802. The minimum absolute atomic E-state index is 0.0698. The Labute approximate surface area is 116 Å². The number of hydrogen-bond acceptors (Lipinski definition) is 5. The summed E-state index contributed by atoms with van der Waals surface area (Å²) in [5.41, 5.74) is 3.29. The highest BCUT2D eigenvalue weighted by Crippen LogP contribution is 2.28. The third-order valence-electron chi connectivity index (χ3n) is 2.44. The highest BCUT2D eigenvalue weighted by Gasteiger charge is 2.14. The van der Waals surface area contributed by atoms with E-state index in [1.165, 1.54) is 17.4 Å². The van der Waals surface area contributed by atoms with E-state index in [1.54, 1.807) is 17.6 Å². The molecule has 0 spiro atoms. The Morgan fingerprint density at radius 2 is 2.33 bits per heavy atom. The molecule has 0 amide bonds. The Morgan fingerprint density at radius 3 is 2.94 bits per heavy atom. The summed E-state index contributed by atoms with van der Waals surface area (Å²) in [6.07, 6.45) is 0. The average Bonchev–Trinajstić information content (AvgIpc) is 2.72. The molecule has 0 aliphatic heterocycles. The number of aryl methyl sites for hydroxylation is 1. The number of nitro benzene ring substituents is 1. The van der Waals surface area contributed by atoms with Crippen molar-refractivity contribution in [1.29, 1.82) is 0 Å². The molecule has 1 aromatic heterocycles. The van der Waals surface area contributed by atoms with E-state index in [1.807, 2.05) is 6.92 Å². The molecule has 0 bridgehead atoms. The van der Waals surface area contributed by atoms with Crippen LogP contribution in [0.4, 0.5) is 11.4 Å². The summed E-state index contributed by atoms with van der Waals surface area (Å²) in [6.45, 7) is 2.45. The lowest BCUT2D eigenvalue weighted by Crippen LogP contribution is -2.02. The maximum Gasteiger partial charge on any atom is 0.292 e. The average molecular weight is 328 g/mol. The van der Waals surface area contributed by atoms with Crippen LogP contribution in [0.25, 0.3) is 0 Å². The van der Waals surface area contributed by atoms with Crippen LogP contribution in [-0.4, -0.2) is 9.91 Å². The van der Waals surface area contributed by atoms with Gasteiger partial charge in [0, 0.05) is 15.4 Å². The number of thiazole rings is 1. The first-order chi connectivity index (χ1) is 8.58. The normalized spacial score (nSPS) is 10.3. The number of hydrogen-bond donors (Lipinski definition) is 1. The van der Waals surface area contributed by atoms with Gasteiger partial charge in [0.15, 0.2) is 0 Å². The second-order valence-corrected chi connectivity index (χ2v) is 5.49. The smallest absolute Gasteiger partial charge is 0.292 e. The molecule has 0 unspecified atom stereocenters. The number of anilines is 1. The molecule has 1 N–H and O–H groups in total. The van der Waals surface area contributed by atoms with Crippen molar-refractivity contribution in [2.24, 2.45) is 0 Å². The molecule has 0 radical (unpaired) electrons. The van der Waals surface area contributed by atoms with Gasteiger partial charge in [-0.3, -0.25) is 10.1 Å². The summed E-state index contributed by atoms with van der Waals surface area (Å²) in [4.78, 5) is 15.7. The van der Waals surface area contributed by atoms with Gasteiger partial charge >= 0.3 is 0 Å². The molecule has 5 nitrogen and oxygen atoms in total. The van der Waals surface area contributed by atoms with Crippen LogP contribution in [0.15, 0.2) is 28.2 Å². The molecule has 0 aliphatic rings. The number of nitrogens with zero attached hydrogens (tertiary/aromatic N) is 2. The number of aromatic nitrogens is 1. The van der Waals surface area contributed by atoms with Gasteiger partial charge < -0.3 is 5.32 Å². The van der Waals surface area contributed by atoms with Gasteiger partial charge in [0.1, 0.15) is 5.69 Å². The molecule has 0 fully saturated rings. The zero-order chi connectivity index (χ0) is 13.1. The van der Waals surface area contributed by atoms with Crippen LogP contribution in [0.2, 0.25) is 0 Å². The van der Waals surface area contributed by atoms with Crippen LogP contribution < -0.4 is 5.32 Å². The van der Waals surface area contributed by atoms with E-state index in [0.29, 0.717) is 12.2 Å². The first-order valence-corrected chi connectivity index (χ1v) is 6.82. The van der Waals surface area contributed by atoms with Crippen LogP contribution in [0.3, 0.4) is 0 Å². The van der Waals surface area contributed by atoms with Gasteiger partial charge in [-0.15, -0.1) is 11.3 Å². The standard InChI is InChI=1S/C11H10BrN3O2S/c1-7-11(18-6-14-7)5-13-9-4-8(12)2-3-10(9)15(16)17/h2-4,6,13H,5H2,1H3. The molecule has 18 heavy (non-hydrogen) atoms. The molecule has 0 saturated carbocycles. The molecule has 1 aromatic carbocycles. The van der Waals surface area contributed by atoms with Crippen LogP contribution in [0, 0.1) is 17.0 Å². The third-order valence-corrected chi connectivity index (χ3v) is 3.87. The van der Waals surface area contributed by atoms with Crippen molar-refractivity contribution in [2.45, 2.75) is 13.5 Å². The van der Waals surface area contributed by atoms with Crippen molar-refractivity contribution in [2.75, 3.05) is 5.32 Å². The van der Waals surface area contributed by atoms with E-state index in [2.05, 4.69) is 26.2 Å². The second kappa shape index (κ2) is 5.45. The van der Waals surface area contributed by atoms with Crippen molar-refractivity contribution in [3.63, 3.8) is 0 Å². The van der Waals surface area contributed by atoms with Crippen LogP contribution in [0.1, 0.15) is 10.6 Å². The molecule has 2 aromatic rings. The van der Waals surface area contributed by atoms with E-state index in [4.69, 9.17) is 0 Å². The zero-order valence-corrected chi connectivity index (χ0v) is 11.9. The zero-order valence-electron chi connectivity index (χ0n) is 9.51. The van der Waals surface area contributed by atoms with E-state index >= 15 is 0 Å². The maximum absolute atomic E-state index is 10.9. The Balaban J connectivity index is 2.20. The molecule has 1 heterocycles. The number of rotatable bonds is 4. The van der Waals surface area contributed by atoms with Gasteiger partial charge in [0.05, 0.1) is 22.7 Å². The minimum atomic E-state index is -0.395. The van der Waals surface area contributed by atoms with Crippen molar-refractivity contribution in [3.05, 3.63) is 48.9 Å². The van der Waals surface area contributed by atoms with Crippen molar-refractivity contribution in [3.8, 4) is 0 Å². The predicted molar refractivity (Wildman–Crippen MR) is 75.0 cm³/mol. The van der Waals surface area contributed by atoms with Gasteiger partial charge in [-0.05, 0) is 19.1 Å². The van der Waals surface area contributed by atoms with E-state index in [9.17, 15) is 10.1 Å². The minimum Gasteiger partial charge on any atom is -0.374 e. The van der Waals surface area contributed by atoms with Gasteiger partial charge in [-0.25, -0.2) is 4.98 Å². The highest BCUT2D eigenvalue weighted by atomic mass is 79.9. The van der Waals surface area contributed by atoms with Crippen LogP contribution in [0.5, 0.6) is 0 Å². The molecule has 0 atom stereocenters. The van der Waals surface area contributed by atoms with E-state index < -0.39 is 4.92 Å². The van der Waals surface area contributed by atoms with Gasteiger partial charge in [-0.2, -0.15) is 0 Å². The van der Waals surface area contributed by atoms with E-state index in [0.717, 1.165) is 15.0 Å². The number of benzene rings is 1. The topological polar surface area (TPSA) is 68.1 Å². The summed E-state index contributed by atoms with van der Waals surface area (Å²) in [7, 11) is 0. The quantitative estimate of drug-likeness (QED) is 0.686. The molecule has 2 rings (SSSR count). The monoisotopic (exact) mass is 327 g/mol. The predicted octanol–water partition coefficient (Wildman–Crippen LogP) is 3.73. The number of halogens is 1. The lowest BCUT2D eigenvalue weighted by atomic mass is 10.2. The summed E-state index contributed by atoms with van der Waals surface area (Å²) in [5, 5.41) is 14.0. The number of nitrogens with one attached hydrogen (secondary N) is 1. The SMILES string of the molecule is Cc1ncsc1CNc1cc(Br)ccc1[N+](=O)[O-]. The molecular formula is C11H10BrN3O2S. The van der Waals surface area contributed by atoms with Crippen molar-refractivity contribution < 1.29 is 4.92 Å². The van der Waals surface area contributed by atoms with Crippen molar-refractivity contribution >= 4 is 38.6 Å². The van der Waals surface area contributed by atoms with Crippen LogP contribution in [-0.2, 0) is 6.54 Å². The first kappa shape index (κ1) is 13.0. The Kier molecular flexibility index (Phi) is 3.93. The maximum atomic E-state index is 10.9. The molecular weight excluding hydrogens is 318 g/mol. The first-order valence-electron chi connectivity index (χ1n) is 5.14. The molecule has 94 valence electrons. The Morgan fingerprint density at radius 1 is 1.56 bits per heavy atom. The fraction of sp³-hybridized carbons (Fsp3) is 0.182. The molecule has 0 aliphatic carbocycles. The highest BCUT2D eigenvalue weighted by molar-refractivity contribution is 9.10. The van der Waals surface area contributed by atoms with Gasteiger partial charge in [0.25, 0.3) is 5.69 Å². The Hall–Kier alpha value is -1.47. The second-order valence-electron chi connectivity index (χ2n) is 3.63. The summed E-state index contributed by atoms with van der Waals surface area (Å²) in [5.74, 6) is 0. The lowest BCUT2D eigenvalue weighted by molar-refractivity contribution is -0.384. The molecule has 7 heteroatoms. The fourth-order valence-corrected chi connectivity index (χ4v) is 2.56. The Bertz CT molecular complexity index is 585. The largest absolute Gasteiger partial charge is 0.374 e.